The highest BCUT2D eigenvalue weighted by molar-refractivity contribution is 7.20. The third kappa shape index (κ3) is 3.70. The van der Waals surface area contributed by atoms with Gasteiger partial charge in [-0.25, -0.2) is 4.68 Å². The molecule has 0 N–H and O–H groups in total. The first kappa shape index (κ1) is 20.1. The number of methoxy groups -OCH3 is 1. The second-order valence-corrected chi connectivity index (χ2v) is 9.26. The third-order valence-corrected chi connectivity index (χ3v) is 7.21. The van der Waals surface area contributed by atoms with Crippen LogP contribution in [0.4, 0.5) is 0 Å². The van der Waals surface area contributed by atoms with Crippen LogP contribution in [-0.4, -0.2) is 40.3 Å². The first-order chi connectivity index (χ1) is 15.0. The van der Waals surface area contributed by atoms with Crippen LogP contribution >= 0.6 is 22.9 Å². The Morgan fingerprint density at radius 3 is 2.58 bits per heavy atom. The fourth-order valence-corrected chi connectivity index (χ4v) is 5.27. The van der Waals surface area contributed by atoms with Gasteiger partial charge in [0.15, 0.2) is 0 Å². The molecule has 0 bridgehead atoms. The van der Waals surface area contributed by atoms with E-state index in [1.165, 1.54) is 16.9 Å². The van der Waals surface area contributed by atoms with E-state index in [1.54, 1.807) is 7.11 Å². The summed E-state index contributed by atoms with van der Waals surface area (Å²) in [6, 6.07) is 17.9. The van der Waals surface area contributed by atoms with Gasteiger partial charge in [-0.05, 0) is 67.8 Å². The molecule has 1 amide bonds. The lowest BCUT2D eigenvalue weighted by Gasteiger charge is -2.41. The van der Waals surface area contributed by atoms with Gasteiger partial charge >= 0.3 is 0 Å². The lowest BCUT2D eigenvalue weighted by atomic mass is 9.95. The predicted octanol–water partition coefficient (Wildman–Crippen LogP) is 5.51. The van der Waals surface area contributed by atoms with E-state index in [0.29, 0.717) is 5.02 Å². The smallest absolute Gasteiger partial charge is 0.264 e. The number of hydrogen-bond acceptors (Lipinski definition) is 4. The van der Waals surface area contributed by atoms with Crippen molar-refractivity contribution in [3.05, 3.63) is 75.8 Å². The van der Waals surface area contributed by atoms with Crippen LogP contribution in [0.25, 0.3) is 15.9 Å². The van der Waals surface area contributed by atoms with Crippen molar-refractivity contribution < 1.29 is 9.53 Å². The second kappa shape index (κ2) is 8.02. The predicted molar refractivity (Wildman–Crippen MR) is 125 cm³/mol. The number of benzene rings is 2. The van der Waals surface area contributed by atoms with Crippen molar-refractivity contribution in [2.24, 2.45) is 0 Å². The fourth-order valence-electron chi connectivity index (χ4n) is 4.01. The van der Waals surface area contributed by atoms with Gasteiger partial charge in [-0.2, -0.15) is 5.10 Å². The number of aromatic nitrogens is 2. The molecule has 1 unspecified atom stereocenters. The van der Waals surface area contributed by atoms with E-state index in [0.717, 1.165) is 51.6 Å². The van der Waals surface area contributed by atoms with Crippen molar-refractivity contribution in [2.75, 3.05) is 13.7 Å². The highest BCUT2D eigenvalue weighted by Gasteiger charge is 2.34. The maximum atomic E-state index is 13.3. The normalized spacial score (nSPS) is 15.8. The fraction of sp³-hybridized carbons (Fsp3) is 0.250. The minimum absolute atomic E-state index is 0.105. The quantitative estimate of drug-likeness (QED) is 0.401. The van der Waals surface area contributed by atoms with Crippen molar-refractivity contribution in [1.82, 2.24) is 14.7 Å². The Balaban J connectivity index is 1.38. The molecule has 1 fully saturated rings. The molecule has 7 heteroatoms. The van der Waals surface area contributed by atoms with Gasteiger partial charge in [0.2, 0.25) is 0 Å². The molecule has 31 heavy (non-hydrogen) atoms. The molecule has 2 aromatic heterocycles. The summed E-state index contributed by atoms with van der Waals surface area (Å²) in [4.78, 5) is 17.0. The number of likely N-dealkylation sites (tertiary alicyclic amines) is 1. The van der Waals surface area contributed by atoms with Crippen molar-refractivity contribution in [3.63, 3.8) is 0 Å². The number of aryl methyl sites for hydroxylation is 1. The molecule has 5 nitrogen and oxygen atoms in total. The monoisotopic (exact) mass is 451 g/mol. The largest absolute Gasteiger partial charge is 0.497 e. The average molecular weight is 452 g/mol. The topological polar surface area (TPSA) is 47.4 Å². The van der Waals surface area contributed by atoms with Gasteiger partial charge in [-0.15, -0.1) is 11.3 Å². The highest BCUT2D eigenvalue weighted by Crippen LogP contribution is 2.33. The molecule has 1 aliphatic heterocycles. The molecular weight excluding hydrogens is 430 g/mol. The minimum atomic E-state index is 0.105. The number of fused-ring (bicyclic) bond motifs is 1. The zero-order valence-electron chi connectivity index (χ0n) is 17.3. The second-order valence-electron chi connectivity index (χ2n) is 7.80. The number of hydrogen-bond donors (Lipinski definition) is 0. The summed E-state index contributed by atoms with van der Waals surface area (Å²) in [6.45, 7) is 2.78. The van der Waals surface area contributed by atoms with Crippen LogP contribution in [0.15, 0.2) is 54.6 Å². The first-order valence-corrected chi connectivity index (χ1v) is 11.4. The van der Waals surface area contributed by atoms with Gasteiger partial charge in [-0.3, -0.25) is 4.79 Å². The maximum Gasteiger partial charge on any atom is 0.264 e. The van der Waals surface area contributed by atoms with E-state index in [9.17, 15) is 4.79 Å². The lowest BCUT2D eigenvalue weighted by Crippen LogP contribution is -2.51. The van der Waals surface area contributed by atoms with Crippen LogP contribution in [0.2, 0.25) is 5.02 Å². The summed E-state index contributed by atoms with van der Waals surface area (Å²) in [6.07, 6.45) is 1.89. The molecule has 0 aliphatic carbocycles. The van der Waals surface area contributed by atoms with Crippen LogP contribution in [0.3, 0.4) is 0 Å². The standard InChI is InChI=1S/C24H22ClN3O2S/c1-15-21-14-22(31-24(21)28(26-15)18-7-5-17(25)6-8-18)23(29)27-12-11-19(27)13-16-3-9-20(30-2)10-4-16/h3-10,14,19H,11-13H2,1-2H3. The molecule has 1 saturated heterocycles. The van der Waals surface area contributed by atoms with Crippen LogP contribution in [0.1, 0.15) is 27.3 Å². The Bertz CT molecular complexity index is 1240. The van der Waals surface area contributed by atoms with Gasteiger partial charge in [0.25, 0.3) is 5.91 Å². The van der Waals surface area contributed by atoms with Crippen LogP contribution in [0.5, 0.6) is 5.75 Å². The van der Waals surface area contributed by atoms with E-state index in [2.05, 4.69) is 17.2 Å². The number of amides is 1. The number of carbonyl (C=O) groups excluding carboxylic acids is 1. The molecule has 5 rings (SSSR count). The van der Waals surface area contributed by atoms with Gasteiger partial charge in [0, 0.05) is 23.0 Å². The van der Waals surface area contributed by atoms with E-state index < -0.39 is 0 Å². The molecule has 0 spiro atoms. The van der Waals surface area contributed by atoms with E-state index in [-0.39, 0.29) is 11.9 Å². The Morgan fingerprint density at radius 1 is 1.19 bits per heavy atom. The van der Waals surface area contributed by atoms with Gasteiger partial charge < -0.3 is 9.64 Å². The van der Waals surface area contributed by atoms with Crippen LogP contribution in [-0.2, 0) is 6.42 Å². The van der Waals surface area contributed by atoms with Gasteiger partial charge in [0.1, 0.15) is 10.6 Å². The number of carbonyl (C=O) groups is 1. The Morgan fingerprint density at radius 2 is 1.94 bits per heavy atom. The highest BCUT2D eigenvalue weighted by atomic mass is 35.5. The molecule has 4 aromatic rings. The van der Waals surface area contributed by atoms with Crippen LogP contribution in [0, 0.1) is 6.92 Å². The molecule has 0 radical (unpaired) electrons. The number of nitrogens with zero attached hydrogens (tertiary/aromatic N) is 3. The number of rotatable bonds is 5. The number of thiophene rings is 1. The van der Waals surface area contributed by atoms with Crippen molar-refractivity contribution in [1.29, 1.82) is 0 Å². The van der Waals surface area contributed by atoms with Crippen LogP contribution < -0.4 is 4.74 Å². The summed E-state index contributed by atoms with van der Waals surface area (Å²) in [5.41, 5.74) is 3.07. The third-order valence-electron chi connectivity index (χ3n) is 5.86. The zero-order chi connectivity index (χ0) is 21.5. The Hall–Kier alpha value is -2.83. The van der Waals surface area contributed by atoms with Crippen molar-refractivity contribution in [3.8, 4) is 11.4 Å². The summed E-state index contributed by atoms with van der Waals surface area (Å²) < 4.78 is 7.13. The Labute approximate surface area is 189 Å². The number of halogens is 1. The summed E-state index contributed by atoms with van der Waals surface area (Å²) in [5, 5.41) is 6.37. The van der Waals surface area contributed by atoms with E-state index >= 15 is 0 Å². The summed E-state index contributed by atoms with van der Waals surface area (Å²) >= 11 is 7.53. The summed E-state index contributed by atoms with van der Waals surface area (Å²) in [5.74, 6) is 0.952. The average Bonchev–Trinajstić information content (AvgIpc) is 3.33. The molecule has 2 aromatic carbocycles. The SMILES string of the molecule is COc1ccc(CC2CCN2C(=O)c2cc3c(C)nn(-c4ccc(Cl)cc4)c3s2)cc1. The zero-order valence-corrected chi connectivity index (χ0v) is 18.9. The van der Waals surface area contributed by atoms with Crippen molar-refractivity contribution >= 4 is 39.1 Å². The van der Waals surface area contributed by atoms with E-state index in [1.807, 2.05) is 59.0 Å². The minimum Gasteiger partial charge on any atom is -0.497 e. The summed E-state index contributed by atoms with van der Waals surface area (Å²) in [7, 11) is 1.67. The molecular formula is C24H22ClN3O2S. The molecule has 0 saturated carbocycles. The maximum absolute atomic E-state index is 13.3. The molecule has 158 valence electrons. The van der Waals surface area contributed by atoms with Gasteiger partial charge in [-0.1, -0.05) is 23.7 Å². The van der Waals surface area contributed by atoms with Gasteiger partial charge in [0.05, 0.1) is 23.4 Å². The number of ether oxygens (including phenoxy) is 1. The molecule has 3 heterocycles. The lowest BCUT2D eigenvalue weighted by molar-refractivity contribution is 0.0470. The molecule has 1 aliphatic rings. The van der Waals surface area contributed by atoms with Crippen molar-refractivity contribution in [2.45, 2.75) is 25.8 Å². The molecule has 1 atom stereocenters. The van der Waals surface area contributed by atoms with E-state index in [4.69, 9.17) is 16.3 Å². The Kier molecular flexibility index (Phi) is 5.20. The first-order valence-electron chi connectivity index (χ1n) is 10.2.